The van der Waals surface area contributed by atoms with Gasteiger partial charge in [-0.1, -0.05) is 17.3 Å². The Labute approximate surface area is 196 Å². The zero-order valence-corrected chi connectivity index (χ0v) is 19.0. The molecular weight excluding hydrogens is 436 g/mol. The first-order chi connectivity index (χ1) is 16.6. The Balaban J connectivity index is 1.47. The summed E-state index contributed by atoms with van der Waals surface area (Å²) in [5, 5.41) is 14.1. The van der Waals surface area contributed by atoms with E-state index in [1.807, 2.05) is 30.3 Å². The van der Waals surface area contributed by atoms with Crippen LogP contribution in [0.15, 0.2) is 67.0 Å². The van der Waals surface area contributed by atoms with Crippen molar-refractivity contribution in [3.8, 4) is 17.2 Å². The molecule has 0 fully saturated rings. The largest absolute Gasteiger partial charge is 0.497 e. The number of nitrogens with one attached hydrogen (secondary N) is 2. The lowest BCUT2D eigenvalue weighted by atomic mass is 10.2. The number of nitrogens with zero attached hydrogens (tertiary/aromatic N) is 4. The average molecular weight is 460 g/mol. The van der Waals surface area contributed by atoms with E-state index in [9.17, 15) is 4.79 Å². The first-order valence-electron chi connectivity index (χ1n) is 10.4. The highest BCUT2D eigenvalue weighted by Crippen LogP contribution is 2.32. The zero-order valence-electron chi connectivity index (χ0n) is 19.0. The van der Waals surface area contributed by atoms with E-state index in [0.29, 0.717) is 29.5 Å². The van der Waals surface area contributed by atoms with E-state index in [0.717, 1.165) is 17.0 Å². The van der Waals surface area contributed by atoms with E-state index in [-0.39, 0.29) is 5.69 Å². The number of methoxy groups -OCH3 is 3. The molecule has 0 aliphatic heterocycles. The van der Waals surface area contributed by atoms with Gasteiger partial charge in [-0.25, -0.2) is 9.67 Å². The van der Waals surface area contributed by atoms with E-state index in [1.165, 1.54) is 0 Å². The zero-order chi connectivity index (χ0) is 23.9. The average Bonchev–Trinajstić information content (AvgIpc) is 3.34. The molecule has 2 heterocycles. The lowest BCUT2D eigenvalue weighted by Gasteiger charge is -2.13. The normalized spacial score (nSPS) is 10.4. The molecule has 1 amide bonds. The van der Waals surface area contributed by atoms with Gasteiger partial charge in [-0.3, -0.25) is 4.79 Å². The predicted molar refractivity (Wildman–Crippen MR) is 127 cm³/mol. The van der Waals surface area contributed by atoms with Crippen molar-refractivity contribution in [3.63, 3.8) is 0 Å². The number of carbonyl (C=O) groups is 1. The Hall–Kier alpha value is -4.60. The van der Waals surface area contributed by atoms with Gasteiger partial charge in [0.1, 0.15) is 5.75 Å². The van der Waals surface area contributed by atoms with Crippen molar-refractivity contribution in [2.75, 3.05) is 32.0 Å². The van der Waals surface area contributed by atoms with Crippen LogP contribution in [0.3, 0.4) is 0 Å². The van der Waals surface area contributed by atoms with E-state index >= 15 is 0 Å². The molecule has 4 rings (SSSR count). The lowest BCUT2D eigenvalue weighted by molar-refractivity contribution is 0.102. The molecule has 2 aromatic heterocycles. The molecule has 4 aromatic rings. The second kappa shape index (κ2) is 10.3. The van der Waals surface area contributed by atoms with Crippen LogP contribution in [0, 0.1) is 0 Å². The van der Waals surface area contributed by atoms with Gasteiger partial charge < -0.3 is 24.8 Å². The van der Waals surface area contributed by atoms with Crippen molar-refractivity contribution >= 4 is 23.1 Å². The van der Waals surface area contributed by atoms with E-state index in [4.69, 9.17) is 14.2 Å². The Morgan fingerprint density at radius 2 is 1.82 bits per heavy atom. The summed E-state index contributed by atoms with van der Waals surface area (Å²) in [6.45, 7) is 0.455. The number of amides is 1. The number of hydrogen-bond donors (Lipinski definition) is 2. The molecule has 0 bridgehead atoms. The third-order valence-electron chi connectivity index (χ3n) is 4.95. The van der Waals surface area contributed by atoms with Crippen LogP contribution in [0.25, 0.3) is 0 Å². The number of carbonyl (C=O) groups excluding carboxylic acids is 1. The highest BCUT2D eigenvalue weighted by atomic mass is 16.5. The molecule has 10 nitrogen and oxygen atoms in total. The third kappa shape index (κ3) is 5.23. The number of hydrogen-bond acceptors (Lipinski definition) is 8. The number of benzene rings is 2. The van der Waals surface area contributed by atoms with Gasteiger partial charge in [-0.05, 0) is 42.0 Å². The summed E-state index contributed by atoms with van der Waals surface area (Å²) in [6.07, 6.45) is 3.22. The lowest BCUT2D eigenvalue weighted by Crippen LogP contribution is -2.14. The number of ether oxygens (including phenoxy) is 3. The second-order valence-electron chi connectivity index (χ2n) is 7.20. The number of aromatic nitrogens is 4. The van der Waals surface area contributed by atoms with E-state index in [1.54, 1.807) is 62.7 Å². The minimum absolute atomic E-state index is 0.184. The molecule has 0 aliphatic carbocycles. The maximum Gasteiger partial charge on any atom is 0.277 e. The highest BCUT2D eigenvalue weighted by Gasteiger charge is 2.15. The first kappa shape index (κ1) is 22.6. The van der Waals surface area contributed by atoms with Gasteiger partial charge in [0.2, 0.25) is 0 Å². The summed E-state index contributed by atoms with van der Waals surface area (Å²) in [6, 6.07) is 16.5. The molecule has 0 saturated heterocycles. The molecule has 0 unspecified atom stereocenters. The summed E-state index contributed by atoms with van der Waals surface area (Å²) < 4.78 is 17.5. The number of pyridine rings is 1. The maximum atomic E-state index is 12.8. The molecular formula is C24H24N6O4. The fraction of sp³-hybridized carbons (Fsp3) is 0.167. The topological polar surface area (TPSA) is 112 Å². The maximum absolute atomic E-state index is 12.8. The Bertz CT molecular complexity index is 1290. The van der Waals surface area contributed by atoms with Gasteiger partial charge in [-0.15, -0.1) is 5.10 Å². The van der Waals surface area contributed by atoms with Gasteiger partial charge in [0.15, 0.2) is 23.0 Å². The fourth-order valence-corrected chi connectivity index (χ4v) is 3.28. The molecule has 0 spiro atoms. The van der Waals surface area contributed by atoms with Crippen LogP contribution < -0.4 is 24.8 Å². The van der Waals surface area contributed by atoms with Crippen LogP contribution >= 0.6 is 0 Å². The Morgan fingerprint density at radius 1 is 0.971 bits per heavy atom. The fourth-order valence-electron chi connectivity index (χ4n) is 3.28. The monoisotopic (exact) mass is 460 g/mol. The van der Waals surface area contributed by atoms with Crippen molar-refractivity contribution in [1.29, 1.82) is 0 Å². The van der Waals surface area contributed by atoms with Crippen molar-refractivity contribution in [2.24, 2.45) is 0 Å². The van der Waals surface area contributed by atoms with Gasteiger partial charge in [0.05, 0.1) is 39.8 Å². The number of anilines is 3. The molecule has 0 aliphatic rings. The van der Waals surface area contributed by atoms with Crippen molar-refractivity contribution in [3.05, 3.63) is 78.2 Å². The third-order valence-corrected chi connectivity index (χ3v) is 4.95. The van der Waals surface area contributed by atoms with Gasteiger partial charge in [0.25, 0.3) is 5.91 Å². The van der Waals surface area contributed by atoms with Gasteiger partial charge in [-0.2, -0.15) is 0 Å². The van der Waals surface area contributed by atoms with Crippen molar-refractivity contribution in [1.82, 2.24) is 20.0 Å². The van der Waals surface area contributed by atoms with E-state index in [2.05, 4.69) is 25.9 Å². The Morgan fingerprint density at radius 3 is 2.62 bits per heavy atom. The Kier molecular flexibility index (Phi) is 6.87. The molecule has 0 radical (unpaired) electrons. The van der Waals surface area contributed by atoms with Crippen LogP contribution in [0.1, 0.15) is 16.1 Å². The summed E-state index contributed by atoms with van der Waals surface area (Å²) in [5.74, 6) is 2.00. The molecule has 174 valence electrons. The smallest absolute Gasteiger partial charge is 0.277 e. The summed E-state index contributed by atoms with van der Waals surface area (Å²) in [5.41, 5.74) is 2.37. The van der Waals surface area contributed by atoms with Crippen LogP contribution in [-0.4, -0.2) is 47.2 Å². The minimum atomic E-state index is -0.403. The number of rotatable bonds is 9. The second-order valence-corrected chi connectivity index (χ2v) is 7.20. The van der Waals surface area contributed by atoms with Crippen molar-refractivity contribution in [2.45, 2.75) is 6.54 Å². The molecule has 2 N–H and O–H groups in total. The van der Waals surface area contributed by atoms with Crippen LogP contribution in [-0.2, 0) is 6.54 Å². The molecule has 34 heavy (non-hydrogen) atoms. The molecule has 10 heteroatoms. The molecule has 0 saturated carbocycles. The summed E-state index contributed by atoms with van der Waals surface area (Å²) in [4.78, 5) is 17.2. The standard InChI is InChI=1S/C24H24N6O4/c1-32-18-7-4-6-16(12-18)14-30-15-20(28-29-30)24(31)27-19-8-5-11-25-23(19)26-17-9-10-21(33-2)22(13-17)34-3/h4-13,15H,14H2,1-3H3,(H,25,26)(H,27,31). The van der Waals surface area contributed by atoms with Gasteiger partial charge >= 0.3 is 0 Å². The van der Waals surface area contributed by atoms with Crippen LogP contribution in [0.2, 0.25) is 0 Å². The summed E-state index contributed by atoms with van der Waals surface area (Å²) >= 11 is 0. The minimum Gasteiger partial charge on any atom is -0.497 e. The molecule has 2 aromatic carbocycles. The SMILES string of the molecule is COc1cccc(Cn2cc(C(=O)Nc3cccnc3Nc3ccc(OC)c(OC)c3)nn2)c1. The van der Waals surface area contributed by atoms with E-state index < -0.39 is 5.91 Å². The highest BCUT2D eigenvalue weighted by molar-refractivity contribution is 6.04. The molecule has 0 atom stereocenters. The quantitative estimate of drug-likeness (QED) is 0.388. The predicted octanol–water partition coefficient (Wildman–Crippen LogP) is 3.74. The van der Waals surface area contributed by atoms with Gasteiger partial charge in [0, 0.05) is 18.0 Å². The van der Waals surface area contributed by atoms with Crippen molar-refractivity contribution < 1.29 is 19.0 Å². The van der Waals surface area contributed by atoms with Crippen LogP contribution in [0.4, 0.5) is 17.2 Å². The summed E-state index contributed by atoms with van der Waals surface area (Å²) in [7, 11) is 4.75. The van der Waals surface area contributed by atoms with Crippen LogP contribution in [0.5, 0.6) is 17.2 Å². The first-order valence-corrected chi connectivity index (χ1v) is 10.4.